The van der Waals surface area contributed by atoms with Crippen LogP contribution in [-0.4, -0.2) is 23.5 Å². The lowest BCUT2D eigenvalue weighted by Gasteiger charge is -2.12. The minimum atomic E-state index is -4.67. The normalized spacial score (nSPS) is 11.6. The second-order valence-corrected chi connectivity index (χ2v) is 8.02. The lowest BCUT2D eigenvalue weighted by molar-refractivity contribution is -0.137. The molecule has 0 radical (unpaired) electrons. The molecule has 0 aliphatic heterocycles. The lowest BCUT2D eigenvalue weighted by Crippen LogP contribution is -2.33. The summed E-state index contributed by atoms with van der Waals surface area (Å²) in [6, 6.07) is 14.7. The van der Waals surface area contributed by atoms with Crippen LogP contribution in [0.4, 0.5) is 18.9 Å². The molecule has 2 N–H and O–H groups in total. The Bertz CT molecular complexity index is 1360. The molecular formula is C24H16Cl2F3N3O4. The number of amides is 2. The van der Waals surface area contributed by atoms with Gasteiger partial charge in [-0.25, -0.2) is 10.2 Å². The molecule has 2 amide bonds. The molecule has 3 aromatic carbocycles. The number of nitrogens with zero attached hydrogens (tertiary/aromatic N) is 1. The highest BCUT2D eigenvalue weighted by molar-refractivity contribution is 6.41. The van der Waals surface area contributed by atoms with E-state index in [9.17, 15) is 27.6 Å². The number of hydrazone groups is 1. The predicted octanol–water partition coefficient (Wildman–Crippen LogP) is 5.71. The SMILES string of the molecule is C/C(=N\NC(=O)C(=O)Nc1cc(C(F)(F)F)ccc1Cl)c1ccccc1OC(=O)c1cccc(Cl)c1. The van der Waals surface area contributed by atoms with E-state index in [1.165, 1.54) is 25.1 Å². The predicted molar refractivity (Wildman–Crippen MR) is 128 cm³/mol. The van der Waals surface area contributed by atoms with Crippen LogP contribution in [0.25, 0.3) is 0 Å². The van der Waals surface area contributed by atoms with Gasteiger partial charge in [-0.1, -0.05) is 41.4 Å². The first-order valence-electron chi connectivity index (χ1n) is 10.0. The Labute approximate surface area is 212 Å². The number of ether oxygens (including phenoxy) is 1. The monoisotopic (exact) mass is 537 g/mol. The maximum atomic E-state index is 12.9. The van der Waals surface area contributed by atoms with Crippen molar-refractivity contribution in [2.45, 2.75) is 13.1 Å². The van der Waals surface area contributed by atoms with E-state index < -0.39 is 35.2 Å². The summed E-state index contributed by atoms with van der Waals surface area (Å²) in [6.45, 7) is 1.48. The van der Waals surface area contributed by atoms with E-state index in [1.54, 1.807) is 30.3 Å². The van der Waals surface area contributed by atoms with Gasteiger partial charge in [-0.2, -0.15) is 18.3 Å². The van der Waals surface area contributed by atoms with Crippen molar-refractivity contribution in [1.82, 2.24) is 5.43 Å². The van der Waals surface area contributed by atoms with Crippen molar-refractivity contribution in [2.75, 3.05) is 5.32 Å². The molecule has 3 rings (SSSR count). The quantitative estimate of drug-likeness (QED) is 0.143. The first-order chi connectivity index (χ1) is 17.0. The van der Waals surface area contributed by atoms with Crippen molar-refractivity contribution >= 4 is 52.4 Å². The fourth-order valence-electron chi connectivity index (χ4n) is 2.85. The fraction of sp³-hybridized carbons (Fsp3) is 0.0833. The number of rotatable bonds is 5. The van der Waals surface area contributed by atoms with Crippen LogP contribution in [0, 0.1) is 0 Å². The number of alkyl halides is 3. The van der Waals surface area contributed by atoms with Crippen LogP contribution in [-0.2, 0) is 15.8 Å². The second kappa shape index (κ2) is 11.2. The van der Waals surface area contributed by atoms with Crippen molar-refractivity contribution in [1.29, 1.82) is 0 Å². The summed E-state index contributed by atoms with van der Waals surface area (Å²) in [7, 11) is 0. The maximum Gasteiger partial charge on any atom is 0.416 e. The number of carbonyl (C=O) groups excluding carboxylic acids is 3. The Balaban J connectivity index is 1.71. The van der Waals surface area contributed by atoms with Gasteiger partial charge in [0.25, 0.3) is 0 Å². The first-order valence-corrected chi connectivity index (χ1v) is 10.8. The van der Waals surface area contributed by atoms with E-state index in [2.05, 4.69) is 5.10 Å². The van der Waals surface area contributed by atoms with Gasteiger partial charge < -0.3 is 10.1 Å². The second-order valence-electron chi connectivity index (χ2n) is 7.18. The summed E-state index contributed by atoms with van der Waals surface area (Å²) >= 11 is 11.7. The molecule has 7 nitrogen and oxygen atoms in total. The summed E-state index contributed by atoms with van der Waals surface area (Å²) in [4.78, 5) is 36.8. The van der Waals surface area contributed by atoms with E-state index in [0.717, 1.165) is 12.1 Å². The van der Waals surface area contributed by atoms with Gasteiger partial charge in [0.1, 0.15) is 5.75 Å². The summed E-state index contributed by atoms with van der Waals surface area (Å²) in [5.41, 5.74) is 1.26. The molecule has 0 aliphatic rings. The van der Waals surface area contributed by atoms with E-state index in [0.29, 0.717) is 16.7 Å². The molecule has 0 aliphatic carbocycles. The Hall–Kier alpha value is -3.89. The van der Waals surface area contributed by atoms with Gasteiger partial charge >= 0.3 is 24.0 Å². The van der Waals surface area contributed by atoms with E-state index in [-0.39, 0.29) is 22.0 Å². The van der Waals surface area contributed by atoms with Crippen LogP contribution in [0.5, 0.6) is 5.75 Å². The Morgan fingerprint density at radius 1 is 0.917 bits per heavy atom. The van der Waals surface area contributed by atoms with Crippen molar-refractivity contribution in [3.63, 3.8) is 0 Å². The van der Waals surface area contributed by atoms with Crippen molar-refractivity contribution in [2.24, 2.45) is 5.10 Å². The van der Waals surface area contributed by atoms with Crippen LogP contribution >= 0.6 is 23.2 Å². The van der Waals surface area contributed by atoms with Crippen LogP contribution < -0.4 is 15.5 Å². The zero-order valence-corrected chi connectivity index (χ0v) is 19.8. The molecule has 12 heteroatoms. The number of hydrogen-bond donors (Lipinski definition) is 2. The van der Waals surface area contributed by atoms with Crippen LogP contribution in [0.15, 0.2) is 71.8 Å². The smallest absolute Gasteiger partial charge is 0.416 e. The van der Waals surface area contributed by atoms with Gasteiger partial charge in [-0.05, 0) is 55.5 Å². The molecule has 186 valence electrons. The minimum absolute atomic E-state index is 0.123. The number of esters is 1. The zero-order chi connectivity index (χ0) is 26.5. The molecular weight excluding hydrogens is 522 g/mol. The number of carbonyl (C=O) groups is 3. The molecule has 0 unspecified atom stereocenters. The van der Waals surface area contributed by atoms with E-state index >= 15 is 0 Å². The van der Waals surface area contributed by atoms with Gasteiger partial charge in [-0.3, -0.25) is 9.59 Å². The molecule has 36 heavy (non-hydrogen) atoms. The summed E-state index contributed by atoms with van der Waals surface area (Å²) in [5.74, 6) is -3.12. The van der Waals surface area contributed by atoms with Crippen molar-refractivity contribution in [3.05, 3.63) is 93.5 Å². The van der Waals surface area contributed by atoms with Crippen LogP contribution in [0.1, 0.15) is 28.4 Å². The Morgan fingerprint density at radius 2 is 1.64 bits per heavy atom. The highest BCUT2D eigenvalue weighted by Crippen LogP contribution is 2.33. The topological polar surface area (TPSA) is 96.9 Å². The standard InChI is InChI=1S/C24H16Cl2F3N3O4/c1-13(17-7-2-3-8-20(17)36-23(35)14-5-4-6-16(25)11-14)31-32-22(34)21(33)30-19-12-15(24(27,28)29)9-10-18(19)26/h2-12H,1H3,(H,30,33)(H,32,34)/b31-13+. The fourth-order valence-corrected chi connectivity index (χ4v) is 3.21. The average Bonchev–Trinajstić information content (AvgIpc) is 2.83. The molecule has 0 bridgehead atoms. The molecule has 0 aromatic heterocycles. The Kier molecular flexibility index (Phi) is 8.33. The third-order valence-corrected chi connectivity index (χ3v) is 5.18. The molecule has 3 aromatic rings. The van der Waals surface area contributed by atoms with Gasteiger partial charge in [0.2, 0.25) is 0 Å². The number of nitrogens with one attached hydrogen (secondary N) is 2. The third-order valence-electron chi connectivity index (χ3n) is 4.61. The molecule has 0 atom stereocenters. The maximum absolute atomic E-state index is 12.9. The summed E-state index contributed by atoms with van der Waals surface area (Å²) in [6.07, 6.45) is -4.67. The van der Waals surface area contributed by atoms with Gasteiger partial charge in [-0.15, -0.1) is 0 Å². The van der Waals surface area contributed by atoms with Gasteiger partial charge in [0, 0.05) is 10.6 Å². The molecule has 0 spiro atoms. The van der Waals surface area contributed by atoms with Gasteiger partial charge in [0.05, 0.1) is 27.5 Å². The summed E-state index contributed by atoms with van der Waals surface area (Å²) < 4.78 is 44.1. The molecule has 0 fully saturated rings. The first kappa shape index (κ1) is 26.7. The third kappa shape index (κ3) is 6.83. The van der Waals surface area contributed by atoms with Crippen molar-refractivity contribution in [3.8, 4) is 5.75 Å². The van der Waals surface area contributed by atoms with Gasteiger partial charge in [0.15, 0.2) is 0 Å². The largest absolute Gasteiger partial charge is 0.422 e. The molecule has 0 saturated carbocycles. The van der Waals surface area contributed by atoms with Crippen LogP contribution in [0.3, 0.4) is 0 Å². The van der Waals surface area contributed by atoms with E-state index in [4.69, 9.17) is 27.9 Å². The van der Waals surface area contributed by atoms with Crippen molar-refractivity contribution < 1.29 is 32.3 Å². The number of benzene rings is 3. The number of halogens is 5. The minimum Gasteiger partial charge on any atom is -0.422 e. The summed E-state index contributed by atoms with van der Waals surface area (Å²) in [5, 5.41) is 5.99. The lowest BCUT2D eigenvalue weighted by atomic mass is 10.1. The highest BCUT2D eigenvalue weighted by Gasteiger charge is 2.31. The average molecular weight is 538 g/mol. The zero-order valence-electron chi connectivity index (χ0n) is 18.3. The molecule has 0 heterocycles. The molecule has 0 saturated heterocycles. The number of para-hydroxylation sites is 1. The van der Waals surface area contributed by atoms with Crippen LogP contribution in [0.2, 0.25) is 10.0 Å². The number of anilines is 1. The van der Waals surface area contributed by atoms with E-state index in [1.807, 2.05) is 10.7 Å². The Morgan fingerprint density at radius 3 is 2.33 bits per heavy atom. The number of hydrogen-bond acceptors (Lipinski definition) is 5. The highest BCUT2D eigenvalue weighted by atomic mass is 35.5.